The van der Waals surface area contributed by atoms with E-state index < -0.39 is 0 Å². The van der Waals surface area contributed by atoms with E-state index in [2.05, 4.69) is 26.4 Å². The number of nitrogens with two attached hydrogens (primary N) is 1. The van der Waals surface area contributed by atoms with E-state index in [0.29, 0.717) is 11.3 Å². The predicted octanol–water partition coefficient (Wildman–Crippen LogP) is 2.10. The van der Waals surface area contributed by atoms with Crippen molar-refractivity contribution in [3.63, 3.8) is 0 Å². The minimum Gasteiger partial charge on any atom is -0.496 e. The third kappa shape index (κ3) is 3.47. The molecule has 1 aliphatic rings. The van der Waals surface area contributed by atoms with Gasteiger partial charge in [-0.3, -0.25) is 4.79 Å². The molecule has 1 amide bonds. The molecule has 0 saturated heterocycles. The summed E-state index contributed by atoms with van der Waals surface area (Å²) >= 11 is 3.36. The molecule has 1 aliphatic carbocycles. The quantitative estimate of drug-likeness (QED) is 0.333. The summed E-state index contributed by atoms with van der Waals surface area (Å²) in [4.78, 5) is 12.3. The van der Waals surface area contributed by atoms with Crippen molar-refractivity contribution in [3.8, 4) is 5.75 Å². The average Bonchev–Trinajstić information content (AvgIpc) is 2.94. The van der Waals surface area contributed by atoms with Crippen LogP contribution >= 0.6 is 15.9 Å². The highest BCUT2D eigenvalue weighted by atomic mass is 79.9. The lowest BCUT2D eigenvalue weighted by Gasteiger charge is -2.20. The van der Waals surface area contributed by atoms with Gasteiger partial charge in [-0.05, 0) is 47.0 Å². The summed E-state index contributed by atoms with van der Waals surface area (Å²) in [5.41, 5.74) is 6.20. The molecule has 0 spiro atoms. The Labute approximate surface area is 131 Å². The molecule has 4 N–H and O–H groups in total. The van der Waals surface area contributed by atoms with Gasteiger partial charge in [0.1, 0.15) is 11.6 Å². The number of carbonyl (C=O) groups is 1. The fourth-order valence-corrected chi connectivity index (χ4v) is 3.16. The SMILES string of the molecule is COc1ccc(C(=O)NC2CCCC2C(N)=NO)cc1Br. The van der Waals surface area contributed by atoms with Gasteiger partial charge >= 0.3 is 0 Å². The molecule has 2 atom stereocenters. The minimum atomic E-state index is -0.180. The highest BCUT2D eigenvalue weighted by Gasteiger charge is 2.32. The third-order valence-electron chi connectivity index (χ3n) is 3.74. The standard InChI is InChI=1S/C14H18BrN3O3/c1-21-12-6-5-8(7-10(12)15)14(19)17-11-4-2-3-9(11)13(16)18-20/h5-7,9,11,20H,2-4H2,1H3,(H2,16,18)(H,17,19). The molecule has 0 heterocycles. The van der Waals surface area contributed by atoms with Gasteiger partial charge in [0.05, 0.1) is 11.6 Å². The molecule has 21 heavy (non-hydrogen) atoms. The maximum Gasteiger partial charge on any atom is 0.251 e. The van der Waals surface area contributed by atoms with E-state index in [9.17, 15) is 4.79 Å². The number of amidine groups is 1. The summed E-state index contributed by atoms with van der Waals surface area (Å²) in [6, 6.07) is 5.04. The van der Waals surface area contributed by atoms with Crippen LogP contribution in [0.3, 0.4) is 0 Å². The molecule has 1 aromatic rings. The molecule has 0 aromatic heterocycles. The first kappa shape index (κ1) is 15.6. The molecule has 6 nitrogen and oxygen atoms in total. The van der Waals surface area contributed by atoms with Crippen molar-refractivity contribution in [2.45, 2.75) is 25.3 Å². The first-order chi connectivity index (χ1) is 10.1. The van der Waals surface area contributed by atoms with E-state index in [-0.39, 0.29) is 23.7 Å². The number of nitrogens with zero attached hydrogens (tertiary/aromatic N) is 1. The highest BCUT2D eigenvalue weighted by Crippen LogP contribution is 2.28. The number of benzene rings is 1. The number of rotatable bonds is 4. The van der Waals surface area contributed by atoms with Gasteiger partial charge in [-0.2, -0.15) is 0 Å². The first-order valence-electron chi connectivity index (χ1n) is 6.68. The predicted molar refractivity (Wildman–Crippen MR) is 82.7 cm³/mol. The largest absolute Gasteiger partial charge is 0.496 e. The van der Waals surface area contributed by atoms with Crippen molar-refractivity contribution in [2.75, 3.05) is 7.11 Å². The summed E-state index contributed by atoms with van der Waals surface area (Å²) in [6.45, 7) is 0. The lowest BCUT2D eigenvalue weighted by atomic mass is 10.0. The smallest absolute Gasteiger partial charge is 0.251 e. The molecule has 1 aromatic carbocycles. The zero-order valence-electron chi connectivity index (χ0n) is 11.7. The monoisotopic (exact) mass is 355 g/mol. The Balaban J connectivity index is 2.09. The minimum absolute atomic E-state index is 0.103. The van der Waals surface area contributed by atoms with Crippen LogP contribution in [0.5, 0.6) is 5.75 Å². The molecule has 0 bridgehead atoms. The molecule has 1 saturated carbocycles. The fraction of sp³-hybridized carbons (Fsp3) is 0.429. The van der Waals surface area contributed by atoms with Crippen molar-refractivity contribution in [1.82, 2.24) is 5.32 Å². The summed E-state index contributed by atoms with van der Waals surface area (Å²) in [7, 11) is 1.57. The van der Waals surface area contributed by atoms with Crippen molar-refractivity contribution in [1.29, 1.82) is 0 Å². The van der Waals surface area contributed by atoms with Crippen LogP contribution in [0.15, 0.2) is 27.8 Å². The number of hydrogen-bond acceptors (Lipinski definition) is 4. The molecule has 7 heteroatoms. The zero-order chi connectivity index (χ0) is 15.4. The number of methoxy groups -OCH3 is 1. The Bertz CT molecular complexity index is 562. The number of nitrogens with one attached hydrogen (secondary N) is 1. The van der Waals surface area contributed by atoms with E-state index in [4.69, 9.17) is 15.7 Å². The number of ether oxygens (including phenoxy) is 1. The van der Waals surface area contributed by atoms with Gasteiger partial charge < -0.3 is 21.0 Å². The number of carbonyl (C=O) groups excluding carboxylic acids is 1. The van der Waals surface area contributed by atoms with Crippen LogP contribution in [0.1, 0.15) is 29.6 Å². The van der Waals surface area contributed by atoms with Gasteiger partial charge in [0.15, 0.2) is 0 Å². The Morgan fingerprint density at radius 3 is 2.90 bits per heavy atom. The Kier molecular flexibility index (Phi) is 5.06. The molecule has 2 unspecified atom stereocenters. The van der Waals surface area contributed by atoms with Crippen molar-refractivity contribution < 1.29 is 14.7 Å². The van der Waals surface area contributed by atoms with Crippen LogP contribution in [0, 0.1) is 5.92 Å². The molecule has 2 rings (SSSR count). The molecule has 0 aliphatic heterocycles. The van der Waals surface area contributed by atoms with E-state index >= 15 is 0 Å². The van der Waals surface area contributed by atoms with Crippen LogP contribution in [-0.2, 0) is 0 Å². The number of hydrogen-bond donors (Lipinski definition) is 3. The van der Waals surface area contributed by atoms with Crippen LogP contribution in [0.2, 0.25) is 0 Å². The lowest BCUT2D eigenvalue weighted by molar-refractivity contribution is 0.0933. The average molecular weight is 356 g/mol. The van der Waals surface area contributed by atoms with Gasteiger partial charge in [-0.25, -0.2) is 0 Å². The van der Waals surface area contributed by atoms with E-state index in [1.54, 1.807) is 25.3 Å². The molecule has 0 radical (unpaired) electrons. The molecule has 114 valence electrons. The summed E-state index contributed by atoms with van der Waals surface area (Å²) < 4.78 is 5.86. The number of amides is 1. The van der Waals surface area contributed by atoms with Gasteiger partial charge in [0.2, 0.25) is 0 Å². The van der Waals surface area contributed by atoms with E-state index in [1.807, 2.05) is 0 Å². The highest BCUT2D eigenvalue weighted by molar-refractivity contribution is 9.10. The van der Waals surface area contributed by atoms with E-state index in [1.165, 1.54) is 0 Å². The van der Waals surface area contributed by atoms with E-state index in [0.717, 1.165) is 23.7 Å². The number of halogens is 1. The van der Waals surface area contributed by atoms with Gasteiger partial charge in [0.25, 0.3) is 5.91 Å². The molecular weight excluding hydrogens is 338 g/mol. The molecular formula is C14H18BrN3O3. The second-order valence-electron chi connectivity index (χ2n) is 4.99. The fourth-order valence-electron chi connectivity index (χ4n) is 2.62. The van der Waals surface area contributed by atoms with Crippen LogP contribution in [-0.4, -0.2) is 30.1 Å². The maximum absolute atomic E-state index is 12.3. The van der Waals surface area contributed by atoms with Gasteiger partial charge in [-0.15, -0.1) is 0 Å². The van der Waals surface area contributed by atoms with Gasteiger partial charge in [0, 0.05) is 17.5 Å². The normalized spacial score (nSPS) is 22.1. The summed E-state index contributed by atoms with van der Waals surface area (Å²) in [6.07, 6.45) is 2.58. The van der Waals surface area contributed by atoms with Crippen LogP contribution in [0.4, 0.5) is 0 Å². The van der Waals surface area contributed by atoms with Gasteiger partial charge in [-0.1, -0.05) is 11.6 Å². The second kappa shape index (κ2) is 6.80. The summed E-state index contributed by atoms with van der Waals surface area (Å²) in [5.74, 6) is 0.553. The Morgan fingerprint density at radius 1 is 1.52 bits per heavy atom. The van der Waals surface area contributed by atoms with Crippen LogP contribution < -0.4 is 15.8 Å². The second-order valence-corrected chi connectivity index (χ2v) is 5.85. The van der Waals surface area contributed by atoms with Crippen molar-refractivity contribution >= 4 is 27.7 Å². The van der Waals surface area contributed by atoms with Crippen molar-refractivity contribution in [2.24, 2.45) is 16.8 Å². The van der Waals surface area contributed by atoms with Crippen LogP contribution in [0.25, 0.3) is 0 Å². The lowest BCUT2D eigenvalue weighted by Crippen LogP contribution is -2.42. The number of oxime groups is 1. The Hall–Kier alpha value is -1.76. The topological polar surface area (TPSA) is 96.9 Å². The Morgan fingerprint density at radius 2 is 2.29 bits per heavy atom. The maximum atomic E-state index is 12.3. The third-order valence-corrected chi connectivity index (χ3v) is 4.36. The first-order valence-corrected chi connectivity index (χ1v) is 7.48. The summed E-state index contributed by atoms with van der Waals surface area (Å²) in [5, 5.41) is 14.8. The van der Waals surface area contributed by atoms with Crippen molar-refractivity contribution in [3.05, 3.63) is 28.2 Å². The molecule has 1 fully saturated rings. The zero-order valence-corrected chi connectivity index (χ0v) is 13.3.